The lowest BCUT2D eigenvalue weighted by Gasteiger charge is -2.54. The lowest BCUT2D eigenvalue weighted by molar-refractivity contribution is -0.348. The van der Waals surface area contributed by atoms with Crippen molar-refractivity contribution in [2.45, 2.75) is 199 Å². The summed E-state index contributed by atoms with van der Waals surface area (Å²) in [6.45, 7) is 14.1. The van der Waals surface area contributed by atoms with Crippen molar-refractivity contribution in [2.24, 2.45) is 10.8 Å². The van der Waals surface area contributed by atoms with Gasteiger partial charge in [-0.05, 0) is 51.5 Å². The number of hydrogen-bond acceptors (Lipinski definition) is 16. The van der Waals surface area contributed by atoms with Gasteiger partial charge in [-0.2, -0.15) is 0 Å². The van der Waals surface area contributed by atoms with E-state index in [4.69, 9.17) is 37.9 Å². The summed E-state index contributed by atoms with van der Waals surface area (Å²) < 4.78 is 47.9. The number of esters is 5. The van der Waals surface area contributed by atoms with Crippen molar-refractivity contribution in [3.05, 3.63) is 35.5 Å². The Morgan fingerprint density at radius 1 is 0.839 bits per heavy atom. The summed E-state index contributed by atoms with van der Waals surface area (Å²) >= 11 is 0. The van der Waals surface area contributed by atoms with Gasteiger partial charge in [0.05, 0.1) is 62.7 Å². The number of aliphatic hydroxyl groups excluding tert-OH is 2. The third-order valence-electron chi connectivity index (χ3n) is 12.9. The van der Waals surface area contributed by atoms with Crippen molar-refractivity contribution < 1.29 is 77.2 Å². The minimum absolute atomic E-state index is 0.0449. The van der Waals surface area contributed by atoms with Crippen LogP contribution in [0.25, 0.3) is 0 Å². The van der Waals surface area contributed by atoms with Crippen LogP contribution < -0.4 is 0 Å². The lowest BCUT2D eigenvalue weighted by Crippen LogP contribution is -2.62. The number of rotatable bonds is 9. The quantitative estimate of drug-likeness (QED) is 0.120. The maximum absolute atomic E-state index is 13.5. The van der Waals surface area contributed by atoms with Crippen LogP contribution in [-0.4, -0.2) is 126 Å². The van der Waals surface area contributed by atoms with Crippen LogP contribution in [0.4, 0.5) is 0 Å². The Hall–Kier alpha value is -3.67. The predicted molar refractivity (Wildman–Crippen MR) is 223 cm³/mol. The normalized spacial score (nSPS) is 36.3. The molecule has 0 aromatic rings. The molecule has 3 saturated heterocycles. The highest BCUT2D eigenvalue weighted by Crippen LogP contribution is 2.51. The van der Waals surface area contributed by atoms with E-state index in [0.717, 1.165) is 0 Å². The Labute approximate surface area is 365 Å². The monoisotopic (exact) mass is 878 g/mol. The molecule has 3 unspecified atom stereocenters. The average Bonchev–Trinajstić information content (AvgIpc) is 3.16. The van der Waals surface area contributed by atoms with Crippen LogP contribution in [0.15, 0.2) is 35.5 Å². The predicted octanol–water partition coefficient (Wildman–Crippen LogP) is 5.02. The van der Waals surface area contributed by atoms with E-state index in [1.54, 1.807) is 20.8 Å². The van der Waals surface area contributed by atoms with Crippen LogP contribution in [0.1, 0.15) is 132 Å². The van der Waals surface area contributed by atoms with Gasteiger partial charge in [-0.25, -0.2) is 9.59 Å². The molecule has 4 rings (SSSR count). The van der Waals surface area contributed by atoms with Gasteiger partial charge in [0, 0.05) is 56.1 Å². The Kier molecular flexibility index (Phi) is 17.5. The number of fused-ring (bicyclic) bond motifs is 6. The Bertz CT molecular complexity index is 1700. The first kappa shape index (κ1) is 51.0. The van der Waals surface area contributed by atoms with Crippen molar-refractivity contribution in [3.63, 3.8) is 0 Å². The number of aliphatic hydroxyl groups is 3. The fraction of sp³-hybridized carbons (Fsp3) is 0.761. The Balaban J connectivity index is 1.89. The highest BCUT2D eigenvalue weighted by molar-refractivity contribution is 5.83. The van der Waals surface area contributed by atoms with Gasteiger partial charge < -0.3 is 53.2 Å². The molecular weight excluding hydrogens is 808 g/mol. The molecule has 62 heavy (non-hydrogen) atoms. The third kappa shape index (κ3) is 12.5. The van der Waals surface area contributed by atoms with Crippen molar-refractivity contribution in [2.75, 3.05) is 14.2 Å². The molecule has 16 nitrogen and oxygen atoms in total. The first-order valence-corrected chi connectivity index (χ1v) is 21.9. The fourth-order valence-electron chi connectivity index (χ4n) is 8.83. The molecule has 4 heterocycles. The summed E-state index contributed by atoms with van der Waals surface area (Å²) in [7, 11) is 2.51. The number of carbonyl (C=O) groups excluding carboxylic acids is 5. The summed E-state index contributed by atoms with van der Waals surface area (Å²) in [6.07, 6.45) is -1.22. The number of ether oxygens (including phenoxy) is 8. The molecule has 350 valence electrons. The molecule has 0 aromatic heterocycles. The van der Waals surface area contributed by atoms with E-state index >= 15 is 0 Å². The Morgan fingerprint density at radius 2 is 1.47 bits per heavy atom. The third-order valence-corrected chi connectivity index (χ3v) is 12.9. The molecule has 4 aliphatic rings. The maximum atomic E-state index is 13.5. The highest BCUT2D eigenvalue weighted by Gasteiger charge is 2.59. The van der Waals surface area contributed by atoms with Crippen LogP contribution in [0.3, 0.4) is 0 Å². The number of cyclic esters (lactones) is 1. The first-order valence-electron chi connectivity index (χ1n) is 21.9. The fourth-order valence-corrected chi connectivity index (χ4v) is 8.83. The standard InChI is InChI=1S/C46H70O16/c1-11-13-37(49)59-36-25-33-22-30(48)23-41(53)58-35(27(3)47)24-32-20-29(21-40(52)56-10)42(60-38(50)14-12-2)45(8,61-32)43(4,5)16-15-31-17-28(19-39(51)55-9)18-34(57-31)26-46(54,62-33)44(36,6)7/h15-16,19,21,27,30-36,42,47-48,54H,11-14,17-18,20,22-26H2,1-10H3/b16-15+,28-19+,29-21+/t27-,30-,31+,32?,33-,34+,35-,36+,42?,45?,46+/m1/s1. The summed E-state index contributed by atoms with van der Waals surface area (Å²) in [5.41, 5.74) is -2.57. The van der Waals surface area contributed by atoms with E-state index < -0.39 is 113 Å². The molecular formula is C46H70O16. The van der Waals surface area contributed by atoms with Crippen molar-refractivity contribution in [1.29, 1.82) is 0 Å². The second-order valence-corrected chi connectivity index (χ2v) is 18.5. The van der Waals surface area contributed by atoms with Gasteiger partial charge in [0.1, 0.15) is 17.8 Å². The number of methoxy groups -OCH3 is 2. The van der Waals surface area contributed by atoms with Crippen LogP contribution in [0, 0.1) is 10.8 Å². The van der Waals surface area contributed by atoms with E-state index in [2.05, 4.69) is 0 Å². The zero-order chi connectivity index (χ0) is 46.2. The summed E-state index contributed by atoms with van der Waals surface area (Å²) in [5, 5.41) is 34.8. The smallest absolute Gasteiger partial charge is 0.330 e. The molecule has 4 aliphatic heterocycles. The topological polar surface area (TPSA) is 220 Å². The van der Waals surface area contributed by atoms with Gasteiger partial charge in [-0.3, -0.25) is 14.4 Å². The van der Waals surface area contributed by atoms with Crippen LogP contribution >= 0.6 is 0 Å². The second kappa shape index (κ2) is 21.3. The van der Waals surface area contributed by atoms with Gasteiger partial charge in [0.25, 0.3) is 0 Å². The van der Waals surface area contributed by atoms with Crippen LogP contribution in [0.5, 0.6) is 0 Å². The molecule has 3 N–H and O–H groups in total. The highest BCUT2D eigenvalue weighted by atomic mass is 16.6. The summed E-state index contributed by atoms with van der Waals surface area (Å²) in [5.74, 6) is -5.04. The summed E-state index contributed by atoms with van der Waals surface area (Å²) in [4.78, 5) is 65.1. The van der Waals surface area contributed by atoms with Gasteiger partial charge >= 0.3 is 29.8 Å². The molecule has 3 fully saturated rings. The zero-order valence-corrected chi connectivity index (χ0v) is 38.1. The maximum Gasteiger partial charge on any atom is 0.330 e. The average molecular weight is 879 g/mol. The number of hydrogen-bond donors (Lipinski definition) is 3. The van der Waals surface area contributed by atoms with E-state index in [9.17, 15) is 39.3 Å². The number of carbonyl (C=O) groups is 5. The van der Waals surface area contributed by atoms with Gasteiger partial charge in [-0.15, -0.1) is 0 Å². The molecule has 0 aromatic carbocycles. The van der Waals surface area contributed by atoms with E-state index in [0.29, 0.717) is 24.0 Å². The molecule has 0 aliphatic carbocycles. The molecule has 16 heteroatoms. The van der Waals surface area contributed by atoms with Crippen molar-refractivity contribution >= 4 is 29.8 Å². The van der Waals surface area contributed by atoms with E-state index in [1.165, 1.54) is 33.3 Å². The SMILES string of the molecule is CCCC(=O)OC1/C(=C/C(=O)OC)CC2C[C@H]([C@@H](C)O)OC(=O)C[C@H](O)C[C@@H]3C[C@H](OC(=O)CCC)C(C)(C)[C@](O)(C[C@@H]4C/C(=C/C(=O)OC)C[C@H](/C=C/C(C)(C)C1(C)O2)O4)O3. The largest absolute Gasteiger partial charge is 0.466 e. The Morgan fingerprint density at radius 3 is 2.08 bits per heavy atom. The molecule has 6 bridgehead atoms. The minimum atomic E-state index is -2.01. The molecule has 0 saturated carbocycles. The van der Waals surface area contributed by atoms with Gasteiger partial charge in [-0.1, -0.05) is 59.3 Å². The second-order valence-electron chi connectivity index (χ2n) is 18.5. The van der Waals surface area contributed by atoms with Crippen LogP contribution in [0.2, 0.25) is 0 Å². The molecule has 0 radical (unpaired) electrons. The minimum Gasteiger partial charge on any atom is -0.466 e. The molecule has 11 atom stereocenters. The van der Waals surface area contributed by atoms with Gasteiger partial charge in [0.2, 0.25) is 0 Å². The first-order chi connectivity index (χ1) is 29.0. The van der Waals surface area contributed by atoms with E-state index in [-0.39, 0.29) is 57.8 Å². The lowest BCUT2D eigenvalue weighted by atomic mass is 9.67. The van der Waals surface area contributed by atoms with Gasteiger partial charge in [0.15, 0.2) is 11.9 Å². The van der Waals surface area contributed by atoms with Crippen LogP contribution in [-0.2, 0) is 61.9 Å². The zero-order valence-electron chi connectivity index (χ0n) is 38.1. The van der Waals surface area contributed by atoms with Crippen molar-refractivity contribution in [3.8, 4) is 0 Å². The summed E-state index contributed by atoms with van der Waals surface area (Å²) in [6, 6.07) is 0. The molecule has 0 amide bonds. The van der Waals surface area contributed by atoms with E-state index in [1.807, 2.05) is 39.8 Å². The molecule has 0 spiro atoms. The van der Waals surface area contributed by atoms with Crippen molar-refractivity contribution in [1.82, 2.24) is 0 Å².